The number of carboxylic acids is 1. The number of nitrogens with zero attached hydrogens (tertiary/aromatic N) is 2. The maximum Gasteiger partial charge on any atom is 0.319 e. The zero-order valence-corrected chi connectivity index (χ0v) is 16.4. The molecule has 1 saturated carbocycles. The Labute approximate surface area is 164 Å². The van der Waals surface area contributed by atoms with Crippen molar-refractivity contribution in [3.05, 3.63) is 30.5 Å². The topological polar surface area (TPSA) is 95.8 Å². The Bertz CT molecular complexity index is 829. The van der Waals surface area contributed by atoms with Crippen LogP contribution in [0.4, 0.5) is 10.5 Å². The molecule has 3 rings (SSSR count). The third kappa shape index (κ3) is 4.82. The molecule has 152 valence electrons. The van der Waals surface area contributed by atoms with Gasteiger partial charge in [-0.15, -0.1) is 0 Å². The number of anilines is 1. The summed E-state index contributed by atoms with van der Waals surface area (Å²) in [7, 11) is 1.68. The summed E-state index contributed by atoms with van der Waals surface area (Å²) in [5.41, 5.74) is 1.78. The molecule has 0 radical (unpaired) electrons. The first-order valence-electron chi connectivity index (χ1n) is 9.61. The van der Waals surface area contributed by atoms with E-state index in [9.17, 15) is 9.59 Å². The molecular weight excluding hydrogens is 360 g/mol. The molecule has 0 saturated heterocycles. The predicted octanol–water partition coefficient (Wildman–Crippen LogP) is 2.35. The Balaban J connectivity index is 1.52. The fraction of sp³-hybridized carbons (Fsp3) is 0.500. The van der Waals surface area contributed by atoms with Gasteiger partial charge in [-0.25, -0.2) is 4.79 Å². The Morgan fingerprint density at radius 1 is 1.32 bits per heavy atom. The zero-order valence-electron chi connectivity index (χ0n) is 16.4. The summed E-state index contributed by atoms with van der Waals surface area (Å²) in [5, 5.41) is 15.9. The van der Waals surface area contributed by atoms with Gasteiger partial charge >= 0.3 is 12.0 Å². The molecule has 28 heavy (non-hydrogen) atoms. The second-order valence-electron chi connectivity index (χ2n) is 7.15. The van der Waals surface area contributed by atoms with Crippen LogP contribution in [0.3, 0.4) is 0 Å². The lowest BCUT2D eigenvalue weighted by Crippen LogP contribution is -2.55. The van der Waals surface area contributed by atoms with Crippen molar-refractivity contribution in [2.45, 2.75) is 38.4 Å². The molecule has 0 atom stereocenters. The summed E-state index contributed by atoms with van der Waals surface area (Å²) in [4.78, 5) is 25.1. The van der Waals surface area contributed by atoms with Crippen LogP contribution in [0.2, 0.25) is 0 Å². The van der Waals surface area contributed by atoms with E-state index in [1.54, 1.807) is 7.11 Å². The number of hydrogen-bond acceptors (Lipinski definition) is 4. The molecule has 0 bridgehead atoms. The molecule has 0 spiro atoms. The summed E-state index contributed by atoms with van der Waals surface area (Å²) in [6.07, 6.45) is 3.56. The lowest BCUT2D eigenvalue weighted by Gasteiger charge is -2.42. The predicted molar refractivity (Wildman–Crippen MR) is 108 cm³/mol. The third-order valence-electron chi connectivity index (χ3n) is 5.28. The molecule has 1 fully saturated rings. The molecule has 1 aromatic heterocycles. The number of ether oxygens (including phenoxy) is 1. The first-order chi connectivity index (χ1) is 13.5. The summed E-state index contributed by atoms with van der Waals surface area (Å²) in [6, 6.07) is 7.92. The molecule has 1 aliphatic carbocycles. The second-order valence-corrected chi connectivity index (χ2v) is 7.15. The molecule has 1 aromatic carbocycles. The van der Waals surface area contributed by atoms with Gasteiger partial charge in [-0.2, -0.15) is 0 Å². The second kappa shape index (κ2) is 9.07. The Morgan fingerprint density at radius 3 is 2.79 bits per heavy atom. The average Bonchev–Trinajstić information content (AvgIpc) is 3.03. The van der Waals surface area contributed by atoms with Gasteiger partial charge in [0.25, 0.3) is 0 Å². The highest BCUT2D eigenvalue weighted by atomic mass is 16.5. The minimum atomic E-state index is -0.818. The lowest BCUT2D eigenvalue weighted by atomic mass is 9.85. The van der Waals surface area contributed by atoms with Crippen molar-refractivity contribution in [2.24, 2.45) is 0 Å². The van der Waals surface area contributed by atoms with Gasteiger partial charge in [0.05, 0.1) is 18.7 Å². The van der Waals surface area contributed by atoms with E-state index in [0.29, 0.717) is 13.2 Å². The lowest BCUT2D eigenvalue weighted by molar-refractivity contribution is -0.139. The first-order valence-corrected chi connectivity index (χ1v) is 9.61. The van der Waals surface area contributed by atoms with E-state index in [2.05, 4.69) is 15.2 Å². The fourth-order valence-corrected chi connectivity index (χ4v) is 3.68. The average molecular weight is 388 g/mol. The van der Waals surface area contributed by atoms with Crippen molar-refractivity contribution < 1.29 is 19.4 Å². The molecule has 3 N–H and O–H groups in total. The van der Waals surface area contributed by atoms with Crippen molar-refractivity contribution in [2.75, 3.05) is 32.1 Å². The molecule has 2 aromatic rings. The van der Waals surface area contributed by atoms with Crippen molar-refractivity contribution in [1.82, 2.24) is 14.8 Å². The van der Waals surface area contributed by atoms with E-state index in [4.69, 9.17) is 9.84 Å². The largest absolute Gasteiger partial charge is 0.480 e. The van der Waals surface area contributed by atoms with Crippen LogP contribution < -0.4 is 10.6 Å². The molecule has 0 aliphatic heterocycles. The van der Waals surface area contributed by atoms with Gasteiger partial charge in [0.1, 0.15) is 0 Å². The highest BCUT2D eigenvalue weighted by Crippen LogP contribution is 2.26. The number of urea groups is 1. The normalized spacial score (nSPS) is 18.8. The number of nitrogens with one attached hydrogen (secondary N) is 2. The van der Waals surface area contributed by atoms with Crippen LogP contribution >= 0.6 is 0 Å². The number of methoxy groups -OCH3 is 1. The van der Waals surface area contributed by atoms with Crippen LogP contribution in [-0.4, -0.2) is 65.5 Å². The first kappa shape index (κ1) is 20.2. The third-order valence-corrected chi connectivity index (χ3v) is 5.28. The Kier molecular flexibility index (Phi) is 6.53. The standard InChI is InChI=1S/C20H28N4O4/c1-3-23(13-19(25)26)17-10-16(11-17)22-20(27)21-15-5-4-14-6-7-24(8-9-28-2)18(14)12-15/h4-7,12,16-17H,3,8-11,13H2,1-2H3,(H,25,26)(H2,21,22,27). The van der Waals surface area contributed by atoms with Crippen LogP contribution in [0, 0.1) is 0 Å². The van der Waals surface area contributed by atoms with E-state index >= 15 is 0 Å². The van der Waals surface area contributed by atoms with Crippen molar-refractivity contribution >= 4 is 28.6 Å². The number of carbonyl (C=O) groups is 2. The highest BCUT2D eigenvalue weighted by Gasteiger charge is 2.34. The van der Waals surface area contributed by atoms with Crippen LogP contribution in [0.1, 0.15) is 19.8 Å². The minimum absolute atomic E-state index is 0.0445. The quantitative estimate of drug-likeness (QED) is 0.613. The molecule has 1 heterocycles. The van der Waals surface area contributed by atoms with Crippen molar-refractivity contribution in [1.29, 1.82) is 0 Å². The zero-order chi connectivity index (χ0) is 20.1. The number of likely N-dealkylation sites (N-methyl/N-ethyl adjacent to an activating group) is 1. The summed E-state index contributed by atoms with van der Waals surface area (Å²) in [5.74, 6) is -0.818. The monoisotopic (exact) mass is 388 g/mol. The Hall–Kier alpha value is -2.58. The molecule has 2 amide bonds. The van der Waals surface area contributed by atoms with Gasteiger partial charge in [0, 0.05) is 37.6 Å². The molecule has 8 nitrogen and oxygen atoms in total. The molecular formula is C20H28N4O4. The number of carbonyl (C=O) groups excluding carboxylic acids is 1. The highest BCUT2D eigenvalue weighted by molar-refractivity contribution is 5.93. The summed E-state index contributed by atoms with van der Waals surface area (Å²) in [6.45, 7) is 4.07. The number of amides is 2. The van der Waals surface area contributed by atoms with Crippen LogP contribution in [-0.2, 0) is 16.1 Å². The number of fused-ring (bicyclic) bond motifs is 1. The number of rotatable bonds is 9. The maximum atomic E-state index is 12.3. The fourth-order valence-electron chi connectivity index (χ4n) is 3.68. The van der Waals surface area contributed by atoms with Crippen LogP contribution in [0.15, 0.2) is 30.5 Å². The number of benzene rings is 1. The van der Waals surface area contributed by atoms with Gasteiger partial charge < -0.3 is 25.0 Å². The summed E-state index contributed by atoms with van der Waals surface area (Å²) < 4.78 is 7.24. The van der Waals surface area contributed by atoms with Gasteiger partial charge in [-0.1, -0.05) is 13.0 Å². The van der Waals surface area contributed by atoms with Crippen LogP contribution in [0.5, 0.6) is 0 Å². The Morgan fingerprint density at radius 2 is 2.11 bits per heavy atom. The number of hydrogen-bond donors (Lipinski definition) is 3. The maximum absolute atomic E-state index is 12.3. The molecule has 8 heteroatoms. The van der Waals surface area contributed by atoms with Gasteiger partial charge in [-0.3, -0.25) is 9.69 Å². The molecule has 1 aliphatic rings. The van der Waals surface area contributed by atoms with Crippen molar-refractivity contribution in [3.63, 3.8) is 0 Å². The minimum Gasteiger partial charge on any atom is -0.480 e. The van der Waals surface area contributed by atoms with Crippen LogP contribution in [0.25, 0.3) is 10.9 Å². The van der Waals surface area contributed by atoms with E-state index in [1.165, 1.54) is 0 Å². The van der Waals surface area contributed by atoms with Gasteiger partial charge in [0.15, 0.2) is 0 Å². The number of aromatic nitrogens is 1. The number of carboxylic acid groups (broad SMARTS) is 1. The molecule has 0 unspecified atom stereocenters. The van der Waals surface area contributed by atoms with E-state index in [-0.39, 0.29) is 24.7 Å². The number of aliphatic carboxylic acids is 1. The van der Waals surface area contributed by atoms with E-state index in [0.717, 1.165) is 36.0 Å². The van der Waals surface area contributed by atoms with E-state index in [1.807, 2.05) is 42.3 Å². The SMILES string of the molecule is CCN(CC(=O)O)C1CC(NC(=O)Nc2ccc3ccn(CCOC)c3c2)C1. The van der Waals surface area contributed by atoms with E-state index < -0.39 is 5.97 Å². The smallest absolute Gasteiger partial charge is 0.319 e. The van der Waals surface area contributed by atoms with Gasteiger partial charge in [-0.05, 0) is 43.0 Å². The van der Waals surface area contributed by atoms with Gasteiger partial charge in [0.2, 0.25) is 0 Å². The summed E-state index contributed by atoms with van der Waals surface area (Å²) >= 11 is 0. The van der Waals surface area contributed by atoms with Crippen molar-refractivity contribution in [3.8, 4) is 0 Å².